The number of hydrogen-bond acceptors (Lipinski definition) is 7. The third kappa shape index (κ3) is 6.14. The van der Waals surface area contributed by atoms with Crippen LogP contribution in [0.25, 0.3) is 0 Å². The summed E-state index contributed by atoms with van der Waals surface area (Å²) in [5, 5.41) is 18.4. The molecule has 2 N–H and O–H groups in total. The van der Waals surface area contributed by atoms with Gasteiger partial charge in [0.15, 0.2) is 9.84 Å². The highest BCUT2D eigenvalue weighted by Crippen LogP contribution is 2.23. The molecule has 0 amide bonds. The molecule has 0 aromatic heterocycles. The molecular weight excluding hydrogens is 388 g/mol. The quantitative estimate of drug-likeness (QED) is 0.542. The Morgan fingerprint density at radius 1 is 0.964 bits per heavy atom. The topological polar surface area (TPSA) is 119 Å². The zero-order valence-corrected chi connectivity index (χ0v) is 16.1. The van der Waals surface area contributed by atoms with Gasteiger partial charge in [0, 0.05) is 7.11 Å². The fourth-order valence-electron chi connectivity index (χ4n) is 2.32. The number of rotatable bonds is 11. The molecule has 2 aromatic carbocycles. The van der Waals surface area contributed by atoms with E-state index in [0.29, 0.717) is 19.0 Å². The smallest absolute Gasteiger partial charge is 0.339 e. The van der Waals surface area contributed by atoms with Crippen molar-refractivity contribution in [3.63, 3.8) is 0 Å². The zero-order chi connectivity index (χ0) is 20.6. The van der Waals surface area contributed by atoms with E-state index in [9.17, 15) is 18.3 Å². The van der Waals surface area contributed by atoms with Gasteiger partial charge in [-0.05, 0) is 48.9 Å². The van der Waals surface area contributed by atoms with Crippen LogP contribution in [0.15, 0.2) is 47.4 Å². The van der Waals surface area contributed by atoms with E-state index in [1.54, 1.807) is 19.2 Å². The van der Waals surface area contributed by atoms with Gasteiger partial charge in [0.2, 0.25) is 0 Å². The van der Waals surface area contributed by atoms with Crippen molar-refractivity contribution in [2.24, 2.45) is 0 Å². The molecule has 152 valence electrons. The Labute approximate surface area is 163 Å². The lowest BCUT2D eigenvalue weighted by Crippen LogP contribution is -2.11. The van der Waals surface area contributed by atoms with Crippen LogP contribution in [-0.2, 0) is 14.6 Å². The number of ether oxygens (including phenoxy) is 3. The van der Waals surface area contributed by atoms with Crippen LogP contribution in [0.1, 0.15) is 16.8 Å². The molecule has 0 saturated carbocycles. The van der Waals surface area contributed by atoms with Gasteiger partial charge in [0.05, 0.1) is 23.9 Å². The van der Waals surface area contributed by atoms with E-state index in [-0.39, 0.29) is 40.7 Å². The summed E-state index contributed by atoms with van der Waals surface area (Å²) in [4.78, 5) is 11.2. The van der Waals surface area contributed by atoms with Gasteiger partial charge in [0.25, 0.3) is 0 Å². The maximum atomic E-state index is 12.4. The first-order valence-corrected chi connectivity index (χ1v) is 10.1. The maximum Gasteiger partial charge on any atom is 0.339 e. The van der Waals surface area contributed by atoms with Crippen LogP contribution in [0, 0.1) is 0 Å². The summed E-state index contributed by atoms with van der Waals surface area (Å²) >= 11 is 0. The number of aromatic hydroxyl groups is 1. The summed E-state index contributed by atoms with van der Waals surface area (Å²) in [6.07, 6.45) is 0.220. The molecule has 0 radical (unpaired) electrons. The van der Waals surface area contributed by atoms with E-state index in [0.717, 1.165) is 0 Å². The van der Waals surface area contributed by atoms with Crippen molar-refractivity contribution in [1.82, 2.24) is 0 Å². The van der Waals surface area contributed by atoms with Crippen LogP contribution in [-0.4, -0.2) is 57.3 Å². The molecule has 8 nitrogen and oxygen atoms in total. The van der Waals surface area contributed by atoms with Gasteiger partial charge in [-0.25, -0.2) is 13.2 Å². The average Bonchev–Trinajstić information content (AvgIpc) is 2.67. The Kier molecular flexibility index (Phi) is 7.65. The number of carboxylic acid groups (broad SMARTS) is 1. The van der Waals surface area contributed by atoms with Gasteiger partial charge < -0.3 is 24.4 Å². The van der Waals surface area contributed by atoms with Gasteiger partial charge in [0.1, 0.15) is 29.4 Å². The van der Waals surface area contributed by atoms with Crippen LogP contribution in [0.2, 0.25) is 0 Å². The van der Waals surface area contributed by atoms with Crippen molar-refractivity contribution in [2.75, 3.05) is 32.7 Å². The third-order valence-electron chi connectivity index (χ3n) is 3.76. The number of aromatic carboxylic acids is 1. The molecule has 2 rings (SSSR count). The molecule has 0 atom stereocenters. The lowest BCUT2D eigenvalue weighted by molar-refractivity contribution is 0.0693. The van der Waals surface area contributed by atoms with Gasteiger partial charge in [-0.1, -0.05) is 0 Å². The molecule has 0 heterocycles. The molecule has 0 fully saturated rings. The Balaban J connectivity index is 1.86. The van der Waals surface area contributed by atoms with E-state index >= 15 is 0 Å². The number of benzene rings is 2. The number of carbonyl (C=O) groups is 1. The molecule has 0 bridgehead atoms. The minimum atomic E-state index is -3.48. The van der Waals surface area contributed by atoms with Crippen LogP contribution in [0.3, 0.4) is 0 Å². The van der Waals surface area contributed by atoms with Crippen LogP contribution < -0.4 is 9.47 Å². The summed E-state index contributed by atoms with van der Waals surface area (Å²) in [6.45, 7) is 0.900. The largest absolute Gasteiger partial charge is 0.507 e. The lowest BCUT2D eigenvalue weighted by Gasteiger charge is -2.09. The highest BCUT2D eigenvalue weighted by molar-refractivity contribution is 7.91. The molecule has 0 aliphatic rings. The molecule has 28 heavy (non-hydrogen) atoms. The van der Waals surface area contributed by atoms with Crippen molar-refractivity contribution in [3.8, 4) is 17.2 Å². The number of methoxy groups -OCH3 is 1. The molecule has 0 aliphatic heterocycles. The fourth-order valence-corrected chi connectivity index (χ4v) is 3.60. The van der Waals surface area contributed by atoms with Crippen molar-refractivity contribution >= 4 is 15.8 Å². The summed E-state index contributed by atoms with van der Waals surface area (Å²) in [5.41, 5.74) is -0.280. The monoisotopic (exact) mass is 410 g/mol. The molecule has 2 aromatic rings. The second-order valence-electron chi connectivity index (χ2n) is 5.82. The number of hydrogen-bond donors (Lipinski definition) is 2. The number of carboxylic acids is 1. The average molecular weight is 410 g/mol. The van der Waals surface area contributed by atoms with E-state index in [4.69, 9.17) is 19.3 Å². The molecule has 9 heteroatoms. The van der Waals surface area contributed by atoms with Gasteiger partial charge in [-0.15, -0.1) is 0 Å². The van der Waals surface area contributed by atoms with Crippen molar-refractivity contribution in [2.45, 2.75) is 11.3 Å². The van der Waals surface area contributed by atoms with Crippen LogP contribution in [0.4, 0.5) is 0 Å². The predicted octanol–water partition coefficient (Wildman–Crippen LogP) is 2.36. The van der Waals surface area contributed by atoms with E-state index in [1.165, 1.54) is 30.3 Å². The molecule has 0 saturated heterocycles. The number of phenols is 1. The van der Waals surface area contributed by atoms with Gasteiger partial charge in [-0.3, -0.25) is 0 Å². The SMILES string of the molecule is COCCOc1ccc(S(=O)(=O)CCCOc2ccc(O)c(C(=O)O)c2)cc1. The summed E-state index contributed by atoms with van der Waals surface area (Å²) < 4.78 is 40.4. The highest BCUT2D eigenvalue weighted by atomic mass is 32.2. The number of sulfone groups is 1. The Bertz CT molecular complexity index is 891. The Hall–Kier alpha value is -2.78. The van der Waals surface area contributed by atoms with Crippen molar-refractivity contribution in [3.05, 3.63) is 48.0 Å². The lowest BCUT2D eigenvalue weighted by atomic mass is 10.2. The normalized spacial score (nSPS) is 11.2. The Morgan fingerprint density at radius 3 is 2.25 bits per heavy atom. The van der Waals surface area contributed by atoms with Gasteiger partial charge in [-0.2, -0.15) is 0 Å². The third-order valence-corrected chi connectivity index (χ3v) is 5.58. The fraction of sp³-hybridized carbons (Fsp3) is 0.316. The van der Waals surface area contributed by atoms with E-state index in [2.05, 4.69) is 0 Å². The summed E-state index contributed by atoms with van der Waals surface area (Å²) in [5.74, 6) is -0.968. The summed E-state index contributed by atoms with van der Waals surface area (Å²) in [7, 11) is -1.91. The van der Waals surface area contributed by atoms with Crippen LogP contribution in [0.5, 0.6) is 17.2 Å². The second kappa shape index (κ2) is 9.95. The second-order valence-corrected chi connectivity index (χ2v) is 7.93. The van der Waals surface area contributed by atoms with Crippen molar-refractivity contribution < 1.29 is 37.6 Å². The molecule has 0 aliphatic carbocycles. The highest BCUT2D eigenvalue weighted by Gasteiger charge is 2.15. The van der Waals surface area contributed by atoms with Crippen molar-refractivity contribution in [1.29, 1.82) is 0 Å². The standard InChI is InChI=1S/C19H22O8S/c1-25-10-11-27-14-3-6-16(7-4-14)28(23,24)12-2-9-26-15-5-8-18(20)17(13-15)19(21)22/h3-8,13,20H,2,9-12H2,1H3,(H,21,22). The first-order valence-electron chi connectivity index (χ1n) is 8.47. The first-order chi connectivity index (χ1) is 13.3. The summed E-state index contributed by atoms with van der Waals surface area (Å²) in [6, 6.07) is 9.96. The minimum absolute atomic E-state index is 0.0846. The molecule has 0 unspecified atom stereocenters. The van der Waals surface area contributed by atoms with E-state index < -0.39 is 15.8 Å². The molecule has 0 spiro atoms. The van der Waals surface area contributed by atoms with E-state index in [1.807, 2.05) is 0 Å². The predicted molar refractivity (Wildman–Crippen MR) is 101 cm³/mol. The minimum Gasteiger partial charge on any atom is -0.507 e. The molecular formula is C19H22O8S. The zero-order valence-electron chi connectivity index (χ0n) is 15.3. The Morgan fingerprint density at radius 2 is 1.61 bits per heavy atom. The maximum absolute atomic E-state index is 12.4. The van der Waals surface area contributed by atoms with Gasteiger partial charge >= 0.3 is 5.97 Å². The first kappa shape index (κ1) is 21.5. The van der Waals surface area contributed by atoms with Crippen LogP contribution >= 0.6 is 0 Å².